The minimum absolute atomic E-state index is 0.311. The van der Waals surface area contributed by atoms with Crippen LogP contribution < -0.4 is 4.90 Å². The number of carbonyl (C=O) groups is 1. The molecule has 2 heterocycles. The van der Waals surface area contributed by atoms with Gasteiger partial charge in [-0.1, -0.05) is 0 Å². The van der Waals surface area contributed by atoms with Crippen LogP contribution in [0.4, 0.5) is 5.82 Å². The first-order chi connectivity index (χ1) is 9.00. The van der Waals surface area contributed by atoms with E-state index in [1.54, 1.807) is 12.3 Å². The van der Waals surface area contributed by atoms with Gasteiger partial charge in [0.15, 0.2) is 0 Å². The summed E-state index contributed by atoms with van der Waals surface area (Å²) in [5.74, 6) is -0.347. The van der Waals surface area contributed by atoms with Crippen LogP contribution in [0.25, 0.3) is 0 Å². The highest BCUT2D eigenvalue weighted by atomic mass is 16.4. The third-order valence-corrected chi connectivity index (χ3v) is 3.87. The molecule has 19 heavy (non-hydrogen) atoms. The number of carboxylic acids is 1. The number of likely N-dealkylation sites (N-methyl/N-ethyl adjacent to an activating group) is 2. The molecule has 0 aliphatic carbocycles. The Morgan fingerprint density at radius 3 is 2.95 bits per heavy atom. The predicted molar refractivity (Wildman–Crippen MR) is 74.9 cm³/mol. The summed E-state index contributed by atoms with van der Waals surface area (Å²) in [7, 11) is 4.04. The second-order valence-electron chi connectivity index (χ2n) is 5.29. The highest BCUT2D eigenvalue weighted by Gasteiger charge is 2.25. The summed E-state index contributed by atoms with van der Waals surface area (Å²) in [6.07, 6.45) is 4.04. The van der Waals surface area contributed by atoms with Crippen LogP contribution >= 0.6 is 0 Å². The molecule has 0 amide bonds. The summed E-state index contributed by atoms with van der Waals surface area (Å²) in [4.78, 5) is 19.9. The molecule has 1 aromatic rings. The average Bonchev–Trinajstić information content (AvgIpc) is 2.74. The summed E-state index contributed by atoms with van der Waals surface area (Å²) in [5, 5.41) is 9.33. The molecular weight excluding hydrogens is 242 g/mol. The van der Waals surface area contributed by atoms with Crippen molar-refractivity contribution in [3.05, 3.63) is 23.4 Å². The maximum Gasteiger partial charge on any atom is 0.339 e. The standard InChI is InChI=1S/C14H21N3O2/c1-10-6-7-15-13(12(10)14(18)19)17(3)9-11-5-4-8-16(11)2/h6-7,11H,4-5,8-9H2,1-3H3,(H,18,19). The Bertz CT molecular complexity index is 476. The SMILES string of the molecule is Cc1ccnc(N(C)CC2CCCN2C)c1C(=O)O. The highest BCUT2D eigenvalue weighted by Crippen LogP contribution is 2.22. The maximum absolute atomic E-state index is 11.4. The lowest BCUT2D eigenvalue weighted by atomic mass is 10.1. The van der Waals surface area contributed by atoms with Crippen molar-refractivity contribution >= 4 is 11.8 Å². The van der Waals surface area contributed by atoms with Crippen molar-refractivity contribution in [3.8, 4) is 0 Å². The topological polar surface area (TPSA) is 56.7 Å². The van der Waals surface area contributed by atoms with Crippen molar-refractivity contribution in [1.29, 1.82) is 0 Å². The predicted octanol–water partition coefficient (Wildman–Crippen LogP) is 1.62. The molecule has 2 rings (SSSR count). The minimum Gasteiger partial charge on any atom is -0.478 e. The van der Waals surface area contributed by atoms with E-state index in [1.807, 2.05) is 18.9 Å². The molecule has 0 radical (unpaired) electrons. The van der Waals surface area contributed by atoms with Gasteiger partial charge in [0.2, 0.25) is 0 Å². The van der Waals surface area contributed by atoms with Crippen LogP contribution in [0.15, 0.2) is 12.3 Å². The Hall–Kier alpha value is -1.62. The number of anilines is 1. The summed E-state index contributed by atoms with van der Waals surface area (Å²) < 4.78 is 0. The van der Waals surface area contributed by atoms with Crippen molar-refractivity contribution in [2.24, 2.45) is 0 Å². The first-order valence-electron chi connectivity index (χ1n) is 6.61. The third kappa shape index (κ3) is 2.87. The number of aromatic carboxylic acids is 1. The van der Waals surface area contributed by atoms with E-state index in [9.17, 15) is 9.90 Å². The first-order valence-corrected chi connectivity index (χ1v) is 6.61. The molecule has 0 spiro atoms. The average molecular weight is 263 g/mol. The van der Waals surface area contributed by atoms with E-state index in [0.29, 0.717) is 17.4 Å². The lowest BCUT2D eigenvalue weighted by Gasteiger charge is -2.27. The van der Waals surface area contributed by atoms with Crippen molar-refractivity contribution in [1.82, 2.24) is 9.88 Å². The van der Waals surface area contributed by atoms with Gasteiger partial charge < -0.3 is 14.9 Å². The van der Waals surface area contributed by atoms with Gasteiger partial charge >= 0.3 is 5.97 Å². The summed E-state index contributed by atoms with van der Waals surface area (Å²) in [6.45, 7) is 3.74. The van der Waals surface area contributed by atoms with E-state index >= 15 is 0 Å². The van der Waals surface area contributed by atoms with E-state index in [0.717, 1.165) is 25.1 Å². The molecule has 0 saturated carbocycles. The van der Waals surface area contributed by atoms with Crippen LogP contribution in [0, 0.1) is 6.92 Å². The smallest absolute Gasteiger partial charge is 0.339 e. The van der Waals surface area contributed by atoms with Crippen molar-refractivity contribution in [3.63, 3.8) is 0 Å². The summed E-state index contributed by atoms with van der Waals surface area (Å²) >= 11 is 0. The van der Waals surface area contributed by atoms with Crippen LogP contribution in [-0.2, 0) is 0 Å². The van der Waals surface area contributed by atoms with E-state index in [2.05, 4.69) is 16.9 Å². The van der Waals surface area contributed by atoms with Gasteiger partial charge in [0.05, 0.1) is 0 Å². The highest BCUT2D eigenvalue weighted by molar-refractivity contribution is 5.94. The number of carboxylic acid groups (broad SMARTS) is 1. The zero-order valence-electron chi connectivity index (χ0n) is 11.8. The number of nitrogens with zero attached hydrogens (tertiary/aromatic N) is 3. The zero-order chi connectivity index (χ0) is 14.0. The summed E-state index contributed by atoms with van der Waals surface area (Å²) in [6, 6.07) is 2.22. The Balaban J connectivity index is 2.21. The number of aryl methyl sites for hydroxylation is 1. The van der Waals surface area contributed by atoms with Gasteiger partial charge in [-0.3, -0.25) is 0 Å². The van der Waals surface area contributed by atoms with Gasteiger partial charge in [-0.2, -0.15) is 0 Å². The molecule has 1 aliphatic heterocycles. The second-order valence-corrected chi connectivity index (χ2v) is 5.29. The number of hydrogen-bond acceptors (Lipinski definition) is 4. The van der Waals surface area contributed by atoms with Crippen molar-refractivity contribution < 1.29 is 9.90 Å². The Labute approximate surface area is 113 Å². The number of hydrogen-bond donors (Lipinski definition) is 1. The fourth-order valence-corrected chi connectivity index (χ4v) is 2.71. The van der Waals surface area contributed by atoms with Crippen LogP contribution in [0.5, 0.6) is 0 Å². The molecule has 104 valence electrons. The Kier molecular flexibility index (Phi) is 4.04. The zero-order valence-corrected chi connectivity index (χ0v) is 11.8. The minimum atomic E-state index is -0.910. The van der Waals surface area contributed by atoms with Crippen LogP contribution in [0.1, 0.15) is 28.8 Å². The van der Waals surface area contributed by atoms with Crippen molar-refractivity contribution in [2.45, 2.75) is 25.8 Å². The van der Waals surface area contributed by atoms with Gasteiger partial charge in [0, 0.05) is 25.8 Å². The lowest BCUT2D eigenvalue weighted by molar-refractivity contribution is 0.0696. The maximum atomic E-state index is 11.4. The molecule has 1 fully saturated rings. The normalized spacial score (nSPS) is 19.6. The van der Waals surface area contributed by atoms with E-state index in [4.69, 9.17) is 0 Å². The fraction of sp³-hybridized carbons (Fsp3) is 0.571. The van der Waals surface area contributed by atoms with Crippen LogP contribution in [0.2, 0.25) is 0 Å². The monoisotopic (exact) mass is 263 g/mol. The number of pyridine rings is 1. The van der Waals surface area contributed by atoms with Gasteiger partial charge in [0.1, 0.15) is 11.4 Å². The number of likely N-dealkylation sites (tertiary alicyclic amines) is 1. The molecule has 5 nitrogen and oxygen atoms in total. The quantitative estimate of drug-likeness (QED) is 0.894. The van der Waals surface area contributed by atoms with Gasteiger partial charge in [0.25, 0.3) is 0 Å². The molecule has 5 heteroatoms. The second kappa shape index (κ2) is 5.57. The molecule has 1 N–H and O–H groups in total. The largest absolute Gasteiger partial charge is 0.478 e. The van der Waals surface area contributed by atoms with Crippen LogP contribution in [-0.4, -0.2) is 54.2 Å². The van der Waals surface area contributed by atoms with Crippen LogP contribution in [0.3, 0.4) is 0 Å². The molecule has 0 aromatic carbocycles. The molecule has 1 atom stereocenters. The molecule has 1 aliphatic rings. The lowest BCUT2D eigenvalue weighted by Crippen LogP contribution is -2.37. The Morgan fingerprint density at radius 1 is 1.63 bits per heavy atom. The van der Waals surface area contributed by atoms with Gasteiger partial charge in [-0.15, -0.1) is 0 Å². The third-order valence-electron chi connectivity index (χ3n) is 3.87. The number of rotatable bonds is 4. The molecule has 1 unspecified atom stereocenters. The van der Waals surface area contributed by atoms with Crippen molar-refractivity contribution in [2.75, 3.05) is 32.1 Å². The molecule has 1 saturated heterocycles. The Morgan fingerprint density at radius 2 is 2.37 bits per heavy atom. The fourth-order valence-electron chi connectivity index (χ4n) is 2.71. The van der Waals surface area contributed by atoms with Gasteiger partial charge in [-0.05, 0) is 45.0 Å². The summed E-state index contributed by atoms with van der Waals surface area (Å²) in [5.41, 5.74) is 1.06. The number of aromatic nitrogens is 1. The first kappa shape index (κ1) is 13.8. The van der Waals surface area contributed by atoms with Gasteiger partial charge in [-0.25, -0.2) is 9.78 Å². The van der Waals surface area contributed by atoms with E-state index in [-0.39, 0.29) is 0 Å². The molecule has 0 bridgehead atoms. The molecule has 1 aromatic heterocycles. The van der Waals surface area contributed by atoms with E-state index < -0.39 is 5.97 Å². The van der Waals surface area contributed by atoms with E-state index in [1.165, 1.54) is 6.42 Å². The molecular formula is C14H21N3O2.